The number of hydrogen-bond donors (Lipinski definition) is 0. The Hall–Kier alpha value is -0.0900. The average molecular weight is 280 g/mol. The topological polar surface area (TPSA) is 29.5 Å². The van der Waals surface area contributed by atoms with Crippen molar-refractivity contribution in [2.75, 3.05) is 27.3 Å². The maximum Gasteiger partial charge on any atom is 0.225 e. The van der Waals surface area contributed by atoms with Gasteiger partial charge in [0, 0.05) is 26.6 Å². The van der Waals surface area contributed by atoms with Gasteiger partial charge in [0.2, 0.25) is 5.91 Å². The third kappa shape index (κ3) is 5.52. The van der Waals surface area contributed by atoms with E-state index in [1.54, 1.807) is 12.0 Å². The van der Waals surface area contributed by atoms with Crippen LogP contribution in [-0.4, -0.2) is 42.9 Å². The molecule has 0 rings (SSSR count). The van der Waals surface area contributed by atoms with E-state index < -0.39 is 0 Å². The molecule has 0 bridgehead atoms. The lowest BCUT2D eigenvalue weighted by Gasteiger charge is -2.25. The fourth-order valence-corrected chi connectivity index (χ4v) is 1.95. The Balaban J connectivity index is 4.09. The highest BCUT2D eigenvalue weighted by Crippen LogP contribution is 2.13. The molecular weight excluding hydrogens is 258 g/mol. The molecule has 0 aromatic heterocycles. The molecule has 0 aliphatic carbocycles. The molecule has 4 heteroatoms. The molecule has 0 aliphatic heterocycles. The minimum absolute atomic E-state index is 0.0808. The highest BCUT2D eigenvalue weighted by molar-refractivity contribution is 9.09. The third-order valence-electron chi connectivity index (χ3n) is 2.59. The fourth-order valence-electron chi connectivity index (χ4n) is 1.25. The van der Waals surface area contributed by atoms with Crippen LogP contribution >= 0.6 is 15.9 Å². The summed E-state index contributed by atoms with van der Waals surface area (Å²) in [5.74, 6) is 0.666. The van der Waals surface area contributed by atoms with E-state index in [1.807, 2.05) is 14.0 Å². The standard InChI is InChI=1S/C11H22BrNO2/c1-8(2)9(3)11(14)13(4)6-10(12)7-15-5/h8-10H,6-7H2,1-5H3. The van der Waals surface area contributed by atoms with E-state index >= 15 is 0 Å². The van der Waals surface area contributed by atoms with Gasteiger partial charge in [-0.2, -0.15) is 0 Å². The van der Waals surface area contributed by atoms with Crippen LogP contribution < -0.4 is 0 Å². The van der Waals surface area contributed by atoms with E-state index in [2.05, 4.69) is 29.8 Å². The molecule has 3 nitrogen and oxygen atoms in total. The molecule has 0 aromatic carbocycles. The highest BCUT2D eigenvalue weighted by atomic mass is 79.9. The van der Waals surface area contributed by atoms with Crippen molar-refractivity contribution in [3.8, 4) is 0 Å². The van der Waals surface area contributed by atoms with Crippen LogP contribution in [-0.2, 0) is 9.53 Å². The second-order valence-corrected chi connectivity index (χ2v) is 5.60. The lowest BCUT2D eigenvalue weighted by Crippen LogP contribution is -2.38. The Morgan fingerprint density at radius 1 is 1.40 bits per heavy atom. The van der Waals surface area contributed by atoms with Gasteiger partial charge < -0.3 is 9.64 Å². The van der Waals surface area contributed by atoms with Gasteiger partial charge in [-0.25, -0.2) is 0 Å². The van der Waals surface area contributed by atoms with Gasteiger partial charge in [0.25, 0.3) is 0 Å². The van der Waals surface area contributed by atoms with Crippen molar-refractivity contribution in [3.05, 3.63) is 0 Å². The van der Waals surface area contributed by atoms with Gasteiger partial charge in [0.15, 0.2) is 0 Å². The molecule has 0 aliphatic rings. The Bertz CT molecular complexity index is 197. The van der Waals surface area contributed by atoms with Crippen LogP contribution in [0.4, 0.5) is 0 Å². The lowest BCUT2D eigenvalue weighted by atomic mass is 9.97. The van der Waals surface area contributed by atoms with Crippen molar-refractivity contribution in [2.24, 2.45) is 11.8 Å². The third-order valence-corrected chi connectivity index (χ3v) is 3.14. The quantitative estimate of drug-likeness (QED) is 0.698. The zero-order valence-electron chi connectivity index (χ0n) is 10.3. The number of alkyl halides is 1. The fraction of sp³-hybridized carbons (Fsp3) is 0.909. The molecule has 1 amide bonds. The minimum atomic E-state index is 0.0808. The first-order valence-corrected chi connectivity index (χ1v) is 6.19. The molecule has 0 N–H and O–H groups in total. The molecule has 0 saturated heterocycles. The van der Waals surface area contributed by atoms with Gasteiger partial charge in [0.05, 0.1) is 11.4 Å². The van der Waals surface area contributed by atoms with Crippen LogP contribution in [0.25, 0.3) is 0 Å². The zero-order chi connectivity index (χ0) is 12.0. The summed E-state index contributed by atoms with van der Waals surface area (Å²) in [6.45, 7) is 7.41. The van der Waals surface area contributed by atoms with Gasteiger partial charge in [-0.3, -0.25) is 4.79 Å². The molecular formula is C11H22BrNO2. The second-order valence-electron chi connectivity index (χ2n) is 4.30. The summed E-state index contributed by atoms with van der Waals surface area (Å²) >= 11 is 3.47. The molecule has 2 unspecified atom stereocenters. The smallest absolute Gasteiger partial charge is 0.225 e. The van der Waals surface area contributed by atoms with Crippen LogP contribution in [0.2, 0.25) is 0 Å². The van der Waals surface area contributed by atoms with Gasteiger partial charge >= 0.3 is 0 Å². The summed E-state index contributed by atoms with van der Waals surface area (Å²) in [6, 6.07) is 0. The number of methoxy groups -OCH3 is 1. The number of amides is 1. The normalized spacial score (nSPS) is 15.1. The number of halogens is 1. The lowest BCUT2D eigenvalue weighted by molar-refractivity contribution is -0.135. The maximum absolute atomic E-state index is 11.9. The number of carbonyl (C=O) groups is 1. The van der Waals surface area contributed by atoms with Gasteiger partial charge in [0.1, 0.15) is 0 Å². The van der Waals surface area contributed by atoms with Crippen molar-refractivity contribution in [1.82, 2.24) is 4.90 Å². The van der Waals surface area contributed by atoms with Crippen LogP contribution in [0.1, 0.15) is 20.8 Å². The second kappa shape index (κ2) is 7.23. The summed E-state index contributed by atoms with van der Waals surface area (Å²) < 4.78 is 5.01. The summed E-state index contributed by atoms with van der Waals surface area (Å²) in [5.41, 5.74) is 0. The molecule has 15 heavy (non-hydrogen) atoms. The largest absolute Gasteiger partial charge is 0.383 e. The number of ether oxygens (including phenoxy) is 1. The monoisotopic (exact) mass is 279 g/mol. The first kappa shape index (κ1) is 14.9. The van der Waals surface area contributed by atoms with E-state index in [9.17, 15) is 4.79 Å². The summed E-state index contributed by atoms with van der Waals surface area (Å²) in [5, 5.41) is 0. The number of rotatable bonds is 6. The van der Waals surface area contributed by atoms with Crippen molar-refractivity contribution < 1.29 is 9.53 Å². The molecule has 0 spiro atoms. The van der Waals surface area contributed by atoms with E-state index in [0.717, 1.165) is 0 Å². The Labute approximate surface area is 101 Å². The summed E-state index contributed by atoms with van der Waals surface area (Å²) in [4.78, 5) is 13.9. The van der Waals surface area contributed by atoms with E-state index in [0.29, 0.717) is 19.1 Å². The number of carbonyl (C=O) groups excluding carboxylic acids is 1. The van der Waals surface area contributed by atoms with Crippen molar-refractivity contribution >= 4 is 21.8 Å². The van der Waals surface area contributed by atoms with Crippen LogP contribution in [0.3, 0.4) is 0 Å². The van der Waals surface area contributed by atoms with Crippen molar-refractivity contribution in [1.29, 1.82) is 0 Å². The van der Waals surface area contributed by atoms with Gasteiger partial charge in [-0.1, -0.05) is 36.7 Å². The maximum atomic E-state index is 11.9. The average Bonchev–Trinajstić information content (AvgIpc) is 2.15. The SMILES string of the molecule is COCC(Br)CN(C)C(=O)C(C)C(C)C. The number of nitrogens with zero attached hydrogens (tertiary/aromatic N) is 1. The molecule has 0 radical (unpaired) electrons. The highest BCUT2D eigenvalue weighted by Gasteiger charge is 2.21. The minimum Gasteiger partial charge on any atom is -0.383 e. The molecule has 0 aromatic rings. The molecule has 90 valence electrons. The molecule has 0 heterocycles. The van der Waals surface area contributed by atoms with Crippen molar-refractivity contribution in [3.63, 3.8) is 0 Å². The zero-order valence-corrected chi connectivity index (χ0v) is 11.9. The number of hydrogen-bond acceptors (Lipinski definition) is 2. The van der Waals surface area contributed by atoms with Gasteiger partial charge in [-0.05, 0) is 5.92 Å². The predicted molar refractivity (Wildman–Crippen MR) is 66.2 cm³/mol. The van der Waals surface area contributed by atoms with Crippen LogP contribution in [0, 0.1) is 11.8 Å². The van der Waals surface area contributed by atoms with Crippen LogP contribution in [0.5, 0.6) is 0 Å². The summed E-state index contributed by atoms with van der Waals surface area (Å²) in [7, 11) is 3.50. The van der Waals surface area contributed by atoms with E-state index in [-0.39, 0.29) is 16.7 Å². The molecule has 0 fully saturated rings. The predicted octanol–water partition coefficient (Wildman–Crippen LogP) is 2.15. The Morgan fingerprint density at radius 2 is 1.93 bits per heavy atom. The Kier molecular flexibility index (Phi) is 7.18. The molecule has 2 atom stereocenters. The Morgan fingerprint density at radius 3 is 2.33 bits per heavy atom. The van der Waals surface area contributed by atoms with Gasteiger partial charge in [-0.15, -0.1) is 0 Å². The first-order chi connectivity index (χ1) is 6.90. The molecule has 0 saturated carbocycles. The van der Waals surface area contributed by atoms with E-state index in [4.69, 9.17) is 4.74 Å². The van der Waals surface area contributed by atoms with E-state index in [1.165, 1.54) is 0 Å². The van der Waals surface area contributed by atoms with Crippen molar-refractivity contribution in [2.45, 2.75) is 25.6 Å². The summed E-state index contributed by atoms with van der Waals surface area (Å²) in [6.07, 6.45) is 0. The van der Waals surface area contributed by atoms with Crippen LogP contribution in [0.15, 0.2) is 0 Å². The first-order valence-electron chi connectivity index (χ1n) is 5.28.